The molecule has 32 heavy (non-hydrogen) atoms. The van der Waals surface area contributed by atoms with E-state index < -0.39 is 5.97 Å². The van der Waals surface area contributed by atoms with Crippen molar-refractivity contribution in [2.75, 3.05) is 7.11 Å². The highest BCUT2D eigenvalue weighted by atomic mass is 32.2. The van der Waals surface area contributed by atoms with Crippen molar-refractivity contribution in [1.29, 1.82) is 0 Å². The summed E-state index contributed by atoms with van der Waals surface area (Å²) in [6, 6.07) is 12.7. The Hall–Kier alpha value is -2.64. The van der Waals surface area contributed by atoms with Gasteiger partial charge in [0, 0.05) is 6.04 Å². The number of hydrogen-bond acceptors (Lipinski definition) is 6. The van der Waals surface area contributed by atoms with Crippen molar-refractivity contribution in [2.24, 2.45) is 0 Å². The van der Waals surface area contributed by atoms with E-state index in [0.717, 1.165) is 36.8 Å². The van der Waals surface area contributed by atoms with Crippen LogP contribution < -0.4 is 9.47 Å². The van der Waals surface area contributed by atoms with E-state index >= 15 is 0 Å². The lowest BCUT2D eigenvalue weighted by Crippen LogP contribution is -2.39. The normalized spacial score (nSPS) is 18.3. The zero-order valence-corrected chi connectivity index (χ0v) is 19.8. The molecule has 0 unspecified atom stereocenters. The van der Waals surface area contributed by atoms with E-state index in [1.165, 1.54) is 25.3 Å². The first kappa shape index (κ1) is 22.6. The van der Waals surface area contributed by atoms with Crippen molar-refractivity contribution in [2.45, 2.75) is 45.1 Å². The summed E-state index contributed by atoms with van der Waals surface area (Å²) in [6.07, 6.45) is 7.34. The molecule has 1 aliphatic carbocycles. The molecule has 2 fully saturated rings. The Labute approximate surface area is 197 Å². The van der Waals surface area contributed by atoms with Crippen molar-refractivity contribution >= 4 is 46.3 Å². The number of rotatable bonds is 5. The van der Waals surface area contributed by atoms with Gasteiger partial charge in [0.15, 0.2) is 11.5 Å². The molecule has 1 heterocycles. The number of amides is 1. The summed E-state index contributed by atoms with van der Waals surface area (Å²) in [5.74, 6) is 0.277. The summed E-state index contributed by atoms with van der Waals surface area (Å²) in [5, 5.41) is 0. The molecule has 166 valence electrons. The van der Waals surface area contributed by atoms with Crippen LogP contribution in [-0.4, -0.2) is 34.2 Å². The number of carbonyl (C=O) groups excluding carboxylic acids is 2. The zero-order chi connectivity index (χ0) is 22.7. The summed E-state index contributed by atoms with van der Waals surface area (Å²) >= 11 is 6.85. The van der Waals surface area contributed by atoms with Gasteiger partial charge in [-0.1, -0.05) is 67.5 Å². The standard InChI is InChI=1S/C25H25NO4S2/c1-16-8-6-7-11-19(16)24(28)30-20-13-12-17(14-21(20)29-2)15-22-23(27)26(25(31)32-22)18-9-4-3-5-10-18/h6-8,11-15,18H,3-5,9-10H2,1-2H3/b22-15+. The monoisotopic (exact) mass is 467 g/mol. The van der Waals surface area contributed by atoms with Gasteiger partial charge in [-0.05, 0) is 55.2 Å². The number of benzene rings is 2. The van der Waals surface area contributed by atoms with Gasteiger partial charge in [0.2, 0.25) is 0 Å². The van der Waals surface area contributed by atoms with E-state index in [0.29, 0.717) is 26.3 Å². The number of esters is 1. The highest BCUT2D eigenvalue weighted by Crippen LogP contribution is 2.38. The van der Waals surface area contributed by atoms with Crippen LogP contribution in [0, 0.1) is 6.92 Å². The van der Waals surface area contributed by atoms with Gasteiger partial charge in [-0.3, -0.25) is 9.69 Å². The van der Waals surface area contributed by atoms with Crippen molar-refractivity contribution < 1.29 is 19.1 Å². The molecule has 0 atom stereocenters. The quantitative estimate of drug-likeness (QED) is 0.241. The molecule has 5 nitrogen and oxygen atoms in total. The largest absolute Gasteiger partial charge is 0.493 e. The second-order valence-electron chi connectivity index (χ2n) is 7.96. The van der Waals surface area contributed by atoms with E-state index in [2.05, 4.69) is 0 Å². The summed E-state index contributed by atoms with van der Waals surface area (Å²) in [5.41, 5.74) is 2.12. The number of hydrogen-bond donors (Lipinski definition) is 0. The highest BCUT2D eigenvalue weighted by Gasteiger charge is 2.37. The molecule has 2 aromatic rings. The van der Waals surface area contributed by atoms with Gasteiger partial charge in [0.25, 0.3) is 5.91 Å². The minimum atomic E-state index is -0.442. The van der Waals surface area contributed by atoms with Crippen LogP contribution in [0.3, 0.4) is 0 Å². The van der Waals surface area contributed by atoms with Gasteiger partial charge in [0.05, 0.1) is 17.6 Å². The molecular formula is C25H25NO4S2. The Balaban J connectivity index is 1.53. The predicted octanol–water partition coefficient (Wildman–Crippen LogP) is 5.76. The number of aryl methyl sites for hydroxylation is 1. The molecule has 2 aromatic carbocycles. The molecule has 0 spiro atoms. The molecule has 0 N–H and O–H groups in total. The van der Waals surface area contributed by atoms with Gasteiger partial charge in [-0.2, -0.15) is 0 Å². The maximum atomic E-state index is 13.0. The third-order valence-electron chi connectivity index (χ3n) is 5.82. The molecule has 0 radical (unpaired) electrons. The zero-order valence-electron chi connectivity index (χ0n) is 18.1. The fraction of sp³-hybridized carbons (Fsp3) is 0.320. The Morgan fingerprint density at radius 2 is 1.88 bits per heavy atom. The van der Waals surface area contributed by atoms with Crippen molar-refractivity contribution in [3.8, 4) is 11.5 Å². The Bertz CT molecular complexity index is 1090. The van der Waals surface area contributed by atoms with Crippen LogP contribution in [0.15, 0.2) is 47.4 Å². The summed E-state index contributed by atoms with van der Waals surface area (Å²) in [4.78, 5) is 28.0. The Morgan fingerprint density at radius 3 is 2.59 bits per heavy atom. The minimum absolute atomic E-state index is 0.0269. The second-order valence-corrected chi connectivity index (χ2v) is 9.63. The molecule has 1 aliphatic heterocycles. The average molecular weight is 468 g/mol. The average Bonchev–Trinajstić information content (AvgIpc) is 3.08. The first-order valence-corrected chi connectivity index (χ1v) is 11.9. The maximum absolute atomic E-state index is 13.0. The fourth-order valence-corrected chi connectivity index (χ4v) is 5.50. The van der Waals surface area contributed by atoms with E-state index in [1.54, 1.807) is 35.2 Å². The van der Waals surface area contributed by atoms with Crippen molar-refractivity contribution in [3.05, 3.63) is 64.1 Å². The molecule has 7 heteroatoms. The third-order valence-corrected chi connectivity index (χ3v) is 7.15. The van der Waals surface area contributed by atoms with Crippen LogP contribution in [-0.2, 0) is 4.79 Å². The number of carbonyl (C=O) groups is 2. The summed E-state index contributed by atoms with van der Waals surface area (Å²) < 4.78 is 11.7. The molecule has 4 rings (SSSR count). The lowest BCUT2D eigenvalue weighted by atomic mass is 9.94. The molecule has 0 bridgehead atoms. The molecule has 1 saturated carbocycles. The summed E-state index contributed by atoms with van der Waals surface area (Å²) in [6.45, 7) is 1.86. The molecule has 0 aromatic heterocycles. The van der Waals surface area contributed by atoms with Gasteiger partial charge in [-0.15, -0.1) is 0 Å². The minimum Gasteiger partial charge on any atom is -0.493 e. The van der Waals surface area contributed by atoms with E-state index in [-0.39, 0.29) is 11.9 Å². The first-order valence-electron chi connectivity index (χ1n) is 10.7. The van der Waals surface area contributed by atoms with Crippen LogP contribution in [0.25, 0.3) is 6.08 Å². The molecular weight excluding hydrogens is 442 g/mol. The van der Waals surface area contributed by atoms with E-state index in [9.17, 15) is 9.59 Å². The number of methoxy groups -OCH3 is 1. The predicted molar refractivity (Wildman–Crippen MR) is 131 cm³/mol. The number of thiocarbonyl (C=S) groups is 1. The lowest BCUT2D eigenvalue weighted by molar-refractivity contribution is -0.124. The van der Waals surface area contributed by atoms with Crippen molar-refractivity contribution in [3.63, 3.8) is 0 Å². The number of ether oxygens (including phenoxy) is 2. The van der Waals surface area contributed by atoms with Crippen LogP contribution in [0.2, 0.25) is 0 Å². The number of thioether (sulfide) groups is 1. The molecule has 1 saturated heterocycles. The van der Waals surface area contributed by atoms with Gasteiger partial charge in [-0.25, -0.2) is 4.79 Å². The van der Waals surface area contributed by atoms with Gasteiger partial charge >= 0.3 is 5.97 Å². The maximum Gasteiger partial charge on any atom is 0.343 e. The summed E-state index contributed by atoms with van der Waals surface area (Å²) in [7, 11) is 1.52. The molecule has 2 aliphatic rings. The third kappa shape index (κ3) is 4.74. The van der Waals surface area contributed by atoms with Gasteiger partial charge in [0.1, 0.15) is 4.32 Å². The second kappa shape index (κ2) is 9.88. The van der Waals surface area contributed by atoms with Gasteiger partial charge < -0.3 is 9.47 Å². The van der Waals surface area contributed by atoms with Crippen LogP contribution in [0.4, 0.5) is 0 Å². The fourth-order valence-electron chi connectivity index (χ4n) is 4.10. The highest BCUT2D eigenvalue weighted by molar-refractivity contribution is 8.26. The van der Waals surface area contributed by atoms with Crippen LogP contribution >= 0.6 is 24.0 Å². The smallest absolute Gasteiger partial charge is 0.343 e. The Morgan fingerprint density at radius 1 is 1.12 bits per heavy atom. The van der Waals surface area contributed by atoms with E-state index in [1.807, 2.05) is 25.1 Å². The topological polar surface area (TPSA) is 55.8 Å². The van der Waals surface area contributed by atoms with Crippen molar-refractivity contribution in [1.82, 2.24) is 4.90 Å². The van der Waals surface area contributed by atoms with Crippen LogP contribution in [0.1, 0.15) is 53.6 Å². The SMILES string of the molecule is COc1cc(/C=C2/SC(=S)N(C3CCCCC3)C2=O)ccc1OC(=O)c1ccccc1C. The Kier molecular flexibility index (Phi) is 6.96. The molecule has 1 amide bonds. The van der Waals surface area contributed by atoms with Crippen LogP contribution in [0.5, 0.6) is 11.5 Å². The van der Waals surface area contributed by atoms with E-state index in [4.69, 9.17) is 21.7 Å². The lowest BCUT2D eigenvalue weighted by Gasteiger charge is -2.29. The number of nitrogens with zero attached hydrogens (tertiary/aromatic N) is 1. The first-order chi connectivity index (χ1) is 15.5.